The summed E-state index contributed by atoms with van der Waals surface area (Å²) >= 11 is 0. The highest BCUT2D eigenvalue weighted by atomic mass is 19.4. The Morgan fingerprint density at radius 2 is 2.10 bits per heavy atom. The Labute approximate surface area is 121 Å². The molecule has 0 aliphatic carbocycles. The fourth-order valence-electron chi connectivity index (χ4n) is 2.52. The molecule has 21 heavy (non-hydrogen) atoms. The number of halogens is 3. The lowest BCUT2D eigenvalue weighted by molar-refractivity contribution is -0.167. The molecule has 0 unspecified atom stereocenters. The van der Waals surface area contributed by atoms with Crippen molar-refractivity contribution in [2.45, 2.75) is 38.0 Å². The van der Waals surface area contributed by atoms with Gasteiger partial charge in [0.2, 0.25) is 5.91 Å². The minimum atomic E-state index is -4.37. The van der Waals surface area contributed by atoms with E-state index < -0.39 is 18.6 Å². The van der Waals surface area contributed by atoms with E-state index in [1.165, 1.54) is 0 Å². The van der Waals surface area contributed by atoms with Gasteiger partial charge in [-0.15, -0.1) is 0 Å². The first-order chi connectivity index (χ1) is 9.96. The molecule has 1 aliphatic heterocycles. The van der Waals surface area contributed by atoms with E-state index in [9.17, 15) is 18.0 Å². The first-order valence-corrected chi connectivity index (χ1v) is 7.00. The monoisotopic (exact) mass is 304 g/mol. The van der Waals surface area contributed by atoms with Gasteiger partial charge in [0, 0.05) is 31.4 Å². The zero-order valence-corrected chi connectivity index (χ0v) is 11.6. The third-order valence-corrected chi connectivity index (χ3v) is 3.53. The molecule has 0 bridgehead atoms. The average Bonchev–Trinajstić information content (AvgIpc) is 2.95. The van der Waals surface area contributed by atoms with Crippen LogP contribution in [0.25, 0.3) is 0 Å². The van der Waals surface area contributed by atoms with Crippen molar-refractivity contribution in [2.24, 2.45) is 0 Å². The normalized spacial score (nSPS) is 16.9. The molecule has 1 amide bonds. The van der Waals surface area contributed by atoms with Gasteiger partial charge in [0.15, 0.2) is 0 Å². The van der Waals surface area contributed by atoms with Crippen LogP contribution >= 0.6 is 0 Å². The van der Waals surface area contributed by atoms with Crippen molar-refractivity contribution in [3.63, 3.8) is 0 Å². The van der Waals surface area contributed by atoms with E-state index in [2.05, 4.69) is 10.4 Å². The summed E-state index contributed by atoms with van der Waals surface area (Å²) in [5.41, 5.74) is 0. The van der Waals surface area contributed by atoms with Crippen molar-refractivity contribution in [1.29, 1.82) is 0 Å². The first kappa shape index (κ1) is 15.8. The predicted molar refractivity (Wildman–Crippen MR) is 70.5 cm³/mol. The molecule has 1 aliphatic rings. The van der Waals surface area contributed by atoms with Gasteiger partial charge in [-0.3, -0.25) is 9.48 Å². The van der Waals surface area contributed by atoms with Crippen LogP contribution < -0.4 is 5.32 Å². The summed E-state index contributed by atoms with van der Waals surface area (Å²) in [7, 11) is 0. The lowest BCUT2D eigenvalue weighted by atomic mass is 10.0. The van der Waals surface area contributed by atoms with Crippen LogP contribution in [0.3, 0.4) is 0 Å². The van der Waals surface area contributed by atoms with Crippen molar-refractivity contribution in [3.05, 3.63) is 18.5 Å². The molecule has 0 aromatic carbocycles. The largest absolute Gasteiger partial charge is 0.406 e. The number of piperidine rings is 1. The van der Waals surface area contributed by atoms with Gasteiger partial charge in [-0.1, -0.05) is 0 Å². The molecule has 2 rings (SSSR count). The fraction of sp³-hybridized carbons (Fsp3) is 0.692. The van der Waals surface area contributed by atoms with Crippen LogP contribution in [0.5, 0.6) is 0 Å². The average molecular weight is 304 g/mol. The van der Waals surface area contributed by atoms with E-state index >= 15 is 0 Å². The van der Waals surface area contributed by atoms with Gasteiger partial charge in [-0.25, -0.2) is 0 Å². The molecule has 5 nitrogen and oxygen atoms in total. The number of nitrogens with one attached hydrogen (secondary N) is 1. The van der Waals surface area contributed by atoms with E-state index in [1.54, 1.807) is 23.1 Å². The number of alkyl halides is 3. The number of carbonyl (C=O) groups excluding carboxylic acids is 1. The summed E-state index contributed by atoms with van der Waals surface area (Å²) in [5.74, 6) is -0.463. The molecule has 8 heteroatoms. The van der Waals surface area contributed by atoms with E-state index in [0.717, 1.165) is 4.90 Å². The Bertz CT molecular complexity index is 441. The Balaban J connectivity index is 1.97. The van der Waals surface area contributed by atoms with Crippen LogP contribution in [0.15, 0.2) is 18.5 Å². The minimum absolute atomic E-state index is 0.0295. The Morgan fingerprint density at radius 1 is 1.38 bits per heavy atom. The van der Waals surface area contributed by atoms with Crippen molar-refractivity contribution >= 4 is 5.91 Å². The molecule has 0 atom stereocenters. The van der Waals surface area contributed by atoms with Crippen molar-refractivity contribution in [3.8, 4) is 0 Å². The predicted octanol–water partition coefficient (Wildman–Crippen LogP) is 1.42. The van der Waals surface area contributed by atoms with Gasteiger partial charge in [-0.2, -0.15) is 18.3 Å². The fourth-order valence-corrected chi connectivity index (χ4v) is 2.52. The Morgan fingerprint density at radius 3 is 2.67 bits per heavy atom. The third-order valence-electron chi connectivity index (χ3n) is 3.53. The maximum absolute atomic E-state index is 12.7. The van der Waals surface area contributed by atoms with E-state index in [1.807, 2.05) is 0 Å². The van der Waals surface area contributed by atoms with E-state index in [-0.39, 0.29) is 12.5 Å². The molecule has 0 saturated carbocycles. The standard InChI is InChI=1S/C13H19F3N4O/c14-13(15,16)10-20(11-2-6-17-7-3-11)12(21)4-9-19-8-1-5-18-19/h1,5,8,11,17H,2-4,6-7,9-10H2. The highest BCUT2D eigenvalue weighted by molar-refractivity contribution is 5.76. The molecule has 118 valence electrons. The van der Waals surface area contributed by atoms with Gasteiger partial charge < -0.3 is 10.2 Å². The summed E-state index contributed by atoms with van der Waals surface area (Å²) < 4.78 is 39.7. The van der Waals surface area contributed by atoms with Crippen LogP contribution in [0.4, 0.5) is 13.2 Å². The molecular formula is C13H19F3N4O. The van der Waals surface area contributed by atoms with Crippen molar-refractivity contribution in [1.82, 2.24) is 20.0 Å². The molecule has 0 radical (unpaired) electrons. The van der Waals surface area contributed by atoms with Crippen LogP contribution in [0.1, 0.15) is 19.3 Å². The van der Waals surface area contributed by atoms with Crippen LogP contribution in [-0.4, -0.2) is 52.4 Å². The van der Waals surface area contributed by atoms with Gasteiger partial charge in [-0.05, 0) is 32.0 Å². The number of rotatable bonds is 5. The summed E-state index contributed by atoms with van der Waals surface area (Å²) in [6, 6.07) is 1.38. The quantitative estimate of drug-likeness (QED) is 0.895. The summed E-state index contributed by atoms with van der Waals surface area (Å²) in [5, 5.41) is 7.04. The van der Waals surface area contributed by atoms with E-state index in [4.69, 9.17) is 0 Å². The minimum Gasteiger partial charge on any atom is -0.330 e. The molecule has 0 spiro atoms. The second-order valence-corrected chi connectivity index (χ2v) is 5.14. The van der Waals surface area contributed by atoms with Gasteiger partial charge in [0.25, 0.3) is 0 Å². The number of hydrogen-bond donors (Lipinski definition) is 1. The Hall–Kier alpha value is -1.57. The summed E-state index contributed by atoms with van der Waals surface area (Å²) in [6.45, 7) is 0.414. The molecule has 1 aromatic heterocycles. The number of aryl methyl sites for hydroxylation is 1. The van der Waals surface area contributed by atoms with Gasteiger partial charge in [0.1, 0.15) is 6.54 Å². The van der Waals surface area contributed by atoms with Crippen LogP contribution in [-0.2, 0) is 11.3 Å². The van der Waals surface area contributed by atoms with Gasteiger partial charge in [0.05, 0.1) is 0 Å². The molecule has 1 N–H and O–H groups in total. The number of amides is 1. The molecular weight excluding hydrogens is 285 g/mol. The number of aromatic nitrogens is 2. The van der Waals surface area contributed by atoms with Crippen LogP contribution in [0, 0.1) is 0 Å². The second kappa shape index (κ2) is 6.93. The number of hydrogen-bond acceptors (Lipinski definition) is 3. The first-order valence-electron chi connectivity index (χ1n) is 7.00. The third kappa shape index (κ3) is 5.04. The lowest BCUT2D eigenvalue weighted by Crippen LogP contribution is -2.49. The van der Waals surface area contributed by atoms with Crippen LogP contribution in [0.2, 0.25) is 0 Å². The molecule has 1 aromatic rings. The molecule has 1 saturated heterocycles. The summed E-state index contributed by atoms with van der Waals surface area (Å²) in [6.07, 6.45) is 0.0395. The van der Waals surface area contributed by atoms with Crippen molar-refractivity contribution < 1.29 is 18.0 Å². The SMILES string of the molecule is O=C(CCn1cccn1)N(CC(F)(F)F)C1CCNCC1. The maximum atomic E-state index is 12.7. The van der Waals surface area contributed by atoms with E-state index in [0.29, 0.717) is 32.5 Å². The number of nitrogens with zero attached hydrogens (tertiary/aromatic N) is 3. The lowest BCUT2D eigenvalue weighted by Gasteiger charge is -2.35. The molecule has 2 heterocycles. The zero-order valence-electron chi connectivity index (χ0n) is 11.6. The topological polar surface area (TPSA) is 50.2 Å². The smallest absolute Gasteiger partial charge is 0.330 e. The maximum Gasteiger partial charge on any atom is 0.406 e. The number of carbonyl (C=O) groups is 1. The summed E-state index contributed by atoms with van der Waals surface area (Å²) in [4.78, 5) is 13.2. The van der Waals surface area contributed by atoms with Gasteiger partial charge >= 0.3 is 6.18 Å². The molecule has 1 fully saturated rings. The highest BCUT2D eigenvalue weighted by Gasteiger charge is 2.36. The Kier molecular flexibility index (Phi) is 5.22. The zero-order chi connectivity index (χ0) is 15.3. The van der Waals surface area contributed by atoms with Crippen molar-refractivity contribution in [2.75, 3.05) is 19.6 Å². The second-order valence-electron chi connectivity index (χ2n) is 5.14. The highest BCUT2D eigenvalue weighted by Crippen LogP contribution is 2.22.